The molecule has 1 amide bonds. The lowest BCUT2D eigenvalue weighted by molar-refractivity contribution is -0.134. The van der Waals surface area contributed by atoms with Crippen LogP contribution >= 0.6 is 0 Å². The van der Waals surface area contributed by atoms with Crippen LogP contribution in [-0.4, -0.2) is 40.5 Å². The van der Waals surface area contributed by atoms with Gasteiger partial charge in [0.05, 0.1) is 5.69 Å². The molecule has 1 aromatic heterocycles. The van der Waals surface area contributed by atoms with Gasteiger partial charge in [-0.15, -0.1) is 0 Å². The Bertz CT molecular complexity index is 658. The molecular weight excluding hydrogens is 297 g/mol. The van der Waals surface area contributed by atoms with Crippen LogP contribution < -0.4 is 4.74 Å². The fourth-order valence-electron chi connectivity index (χ4n) is 2.74. The van der Waals surface area contributed by atoms with Crippen molar-refractivity contribution >= 4 is 5.91 Å². The molecule has 3 rings (SSSR count). The summed E-state index contributed by atoms with van der Waals surface area (Å²) < 4.78 is 18.7. The van der Waals surface area contributed by atoms with Gasteiger partial charge in [-0.05, 0) is 25.0 Å². The molecule has 0 aliphatic carbocycles. The van der Waals surface area contributed by atoms with Crippen molar-refractivity contribution in [2.75, 3.05) is 19.7 Å². The van der Waals surface area contributed by atoms with Gasteiger partial charge in [0.1, 0.15) is 0 Å². The standard InChI is InChI=1S/C17H18FN3O2/c18-14-3-1-2-4-16(14)23-12-17(22)21-9-5-13(6-10-21)15-11-19-7-8-20-15/h1-4,7-8,11,13H,5-6,9-10,12H2. The van der Waals surface area contributed by atoms with Crippen LogP contribution in [0.5, 0.6) is 5.75 Å². The largest absolute Gasteiger partial charge is 0.481 e. The van der Waals surface area contributed by atoms with Crippen molar-refractivity contribution in [2.24, 2.45) is 0 Å². The molecule has 1 fully saturated rings. The molecule has 2 heterocycles. The van der Waals surface area contributed by atoms with Crippen molar-refractivity contribution in [3.63, 3.8) is 0 Å². The number of para-hydroxylation sites is 1. The lowest BCUT2D eigenvalue weighted by Gasteiger charge is -2.31. The molecule has 1 aliphatic rings. The van der Waals surface area contributed by atoms with Crippen molar-refractivity contribution in [3.8, 4) is 5.75 Å². The number of carbonyl (C=O) groups is 1. The number of nitrogens with zero attached hydrogens (tertiary/aromatic N) is 3. The van der Waals surface area contributed by atoms with E-state index in [2.05, 4.69) is 9.97 Å². The normalized spacial score (nSPS) is 15.4. The summed E-state index contributed by atoms with van der Waals surface area (Å²) in [5.74, 6) is -0.136. The van der Waals surface area contributed by atoms with Gasteiger partial charge >= 0.3 is 0 Å². The van der Waals surface area contributed by atoms with E-state index >= 15 is 0 Å². The summed E-state index contributed by atoms with van der Waals surface area (Å²) in [5, 5.41) is 0. The molecule has 1 saturated heterocycles. The molecule has 120 valence electrons. The highest BCUT2D eigenvalue weighted by Gasteiger charge is 2.25. The zero-order valence-corrected chi connectivity index (χ0v) is 12.7. The van der Waals surface area contributed by atoms with Gasteiger partial charge in [-0.1, -0.05) is 12.1 Å². The van der Waals surface area contributed by atoms with Gasteiger partial charge in [0.15, 0.2) is 18.2 Å². The average molecular weight is 315 g/mol. The molecular formula is C17H18FN3O2. The van der Waals surface area contributed by atoms with Gasteiger partial charge < -0.3 is 9.64 Å². The van der Waals surface area contributed by atoms with E-state index < -0.39 is 5.82 Å². The van der Waals surface area contributed by atoms with E-state index in [1.807, 2.05) is 0 Å². The number of piperidine rings is 1. The van der Waals surface area contributed by atoms with Crippen LogP contribution in [0, 0.1) is 5.82 Å². The van der Waals surface area contributed by atoms with Crippen LogP contribution in [0.1, 0.15) is 24.5 Å². The Morgan fingerprint density at radius 1 is 1.26 bits per heavy atom. The van der Waals surface area contributed by atoms with E-state index in [9.17, 15) is 9.18 Å². The van der Waals surface area contributed by atoms with Crippen LogP contribution in [-0.2, 0) is 4.79 Å². The summed E-state index contributed by atoms with van der Waals surface area (Å²) in [6.45, 7) is 1.16. The number of hydrogen-bond acceptors (Lipinski definition) is 4. The summed E-state index contributed by atoms with van der Waals surface area (Å²) in [7, 11) is 0. The van der Waals surface area contributed by atoms with E-state index in [4.69, 9.17) is 4.74 Å². The molecule has 23 heavy (non-hydrogen) atoms. The molecule has 0 saturated carbocycles. The number of rotatable bonds is 4. The summed E-state index contributed by atoms with van der Waals surface area (Å²) in [5.41, 5.74) is 0.974. The molecule has 1 aliphatic heterocycles. The maximum absolute atomic E-state index is 13.5. The molecule has 0 N–H and O–H groups in total. The maximum atomic E-state index is 13.5. The van der Waals surface area contributed by atoms with Crippen molar-refractivity contribution in [2.45, 2.75) is 18.8 Å². The summed E-state index contributed by atoms with van der Waals surface area (Å²) in [6.07, 6.45) is 6.83. The Kier molecular flexibility index (Phi) is 4.80. The Hall–Kier alpha value is -2.50. The number of benzene rings is 1. The number of ether oxygens (including phenoxy) is 1. The second kappa shape index (κ2) is 7.17. The van der Waals surface area contributed by atoms with Gasteiger partial charge in [0.2, 0.25) is 0 Å². The number of aromatic nitrogens is 2. The monoisotopic (exact) mass is 315 g/mol. The van der Waals surface area contributed by atoms with E-state index in [-0.39, 0.29) is 18.3 Å². The van der Waals surface area contributed by atoms with E-state index in [0.717, 1.165) is 18.5 Å². The third-order valence-electron chi connectivity index (χ3n) is 4.04. The minimum atomic E-state index is -0.457. The molecule has 1 aromatic carbocycles. The summed E-state index contributed by atoms with van der Waals surface area (Å²) in [4.78, 5) is 22.3. The van der Waals surface area contributed by atoms with Gasteiger partial charge in [0, 0.05) is 37.6 Å². The lowest BCUT2D eigenvalue weighted by atomic mass is 9.94. The highest BCUT2D eigenvalue weighted by atomic mass is 19.1. The van der Waals surface area contributed by atoms with E-state index in [1.54, 1.807) is 35.6 Å². The Morgan fingerprint density at radius 2 is 2.04 bits per heavy atom. The highest BCUT2D eigenvalue weighted by molar-refractivity contribution is 5.77. The SMILES string of the molecule is O=C(COc1ccccc1F)N1CCC(c2cnccn2)CC1. The van der Waals surface area contributed by atoms with Gasteiger partial charge in [-0.25, -0.2) is 4.39 Å². The fraction of sp³-hybridized carbons (Fsp3) is 0.353. The Morgan fingerprint density at radius 3 is 2.74 bits per heavy atom. The molecule has 2 aromatic rings. The molecule has 0 unspecified atom stereocenters. The van der Waals surface area contributed by atoms with Crippen molar-refractivity contribution in [3.05, 3.63) is 54.4 Å². The highest BCUT2D eigenvalue weighted by Crippen LogP contribution is 2.26. The van der Waals surface area contributed by atoms with Crippen LogP contribution in [0.4, 0.5) is 4.39 Å². The zero-order valence-electron chi connectivity index (χ0n) is 12.7. The second-order valence-electron chi connectivity index (χ2n) is 5.50. The number of amides is 1. The first kappa shape index (κ1) is 15.4. The third kappa shape index (κ3) is 3.83. The second-order valence-corrected chi connectivity index (χ2v) is 5.50. The van der Waals surface area contributed by atoms with E-state index in [0.29, 0.717) is 19.0 Å². The quantitative estimate of drug-likeness (QED) is 0.869. The smallest absolute Gasteiger partial charge is 0.260 e. The summed E-state index contributed by atoms with van der Waals surface area (Å²) >= 11 is 0. The molecule has 5 nitrogen and oxygen atoms in total. The minimum absolute atomic E-state index is 0.107. The number of likely N-dealkylation sites (tertiary alicyclic amines) is 1. The first-order valence-corrected chi connectivity index (χ1v) is 7.65. The third-order valence-corrected chi connectivity index (χ3v) is 4.04. The van der Waals surface area contributed by atoms with Crippen molar-refractivity contribution in [1.82, 2.24) is 14.9 Å². The topological polar surface area (TPSA) is 55.3 Å². The number of hydrogen-bond donors (Lipinski definition) is 0. The van der Waals surface area contributed by atoms with Crippen molar-refractivity contribution < 1.29 is 13.9 Å². The zero-order chi connectivity index (χ0) is 16.1. The fourth-order valence-corrected chi connectivity index (χ4v) is 2.74. The number of carbonyl (C=O) groups excluding carboxylic acids is 1. The van der Waals surface area contributed by atoms with Crippen LogP contribution in [0.3, 0.4) is 0 Å². The maximum Gasteiger partial charge on any atom is 0.260 e. The van der Waals surface area contributed by atoms with Crippen LogP contribution in [0.2, 0.25) is 0 Å². The number of halogens is 1. The van der Waals surface area contributed by atoms with Gasteiger partial charge in [0.25, 0.3) is 5.91 Å². The predicted molar refractivity (Wildman–Crippen MR) is 82.5 cm³/mol. The minimum Gasteiger partial charge on any atom is -0.481 e. The Balaban J connectivity index is 1.50. The first-order chi connectivity index (χ1) is 11.2. The van der Waals surface area contributed by atoms with Crippen molar-refractivity contribution in [1.29, 1.82) is 0 Å². The Labute approximate surface area is 134 Å². The molecule has 6 heteroatoms. The first-order valence-electron chi connectivity index (χ1n) is 7.65. The molecule has 0 spiro atoms. The van der Waals surface area contributed by atoms with Crippen LogP contribution in [0.15, 0.2) is 42.9 Å². The molecule has 0 radical (unpaired) electrons. The summed E-state index contributed by atoms with van der Waals surface area (Å²) in [6, 6.07) is 6.09. The molecule has 0 atom stereocenters. The van der Waals surface area contributed by atoms with Crippen LogP contribution in [0.25, 0.3) is 0 Å². The lowest BCUT2D eigenvalue weighted by Crippen LogP contribution is -2.40. The van der Waals surface area contributed by atoms with Gasteiger partial charge in [-0.2, -0.15) is 0 Å². The van der Waals surface area contributed by atoms with Gasteiger partial charge in [-0.3, -0.25) is 14.8 Å². The predicted octanol–water partition coefficient (Wildman–Crippen LogP) is 2.40. The molecule has 0 bridgehead atoms. The average Bonchev–Trinajstić information content (AvgIpc) is 2.62. The van der Waals surface area contributed by atoms with E-state index in [1.165, 1.54) is 12.1 Å².